The van der Waals surface area contributed by atoms with Crippen LogP contribution in [0.15, 0.2) is 91.1 Å². The molecule has 0 radical (unpaired) electrons. The molecule has 1 atom stereocenters. The predicted molar refractivity (Wildman–Crippen MR) is 149 cm³/mol. The summed E-state index contributed by atoms with van der Waals surface area (Å²) in [5.41, 5.74) is 7.05. The lowest BCUT2D eigenvalue weighted by atomic mass is 9.78. The number of carbonyl (C=O) groups is 1. The van der Waals surface area contributed by atoms with Crippen LogP contribution in [0.2, 0.25) is 0 Å². The number of carbonyl (C=O) groups excluding carboxylic acids is 1. The zero-order valence-electron chi connectivity index (χ0n) is 21.2. The van der Waals surface area contributed by atoms with Crippen molar-refractivity contribution in [3.63, 3.8) is 0 Å². The maximum atomic E-state index is 13.6. The smallest absolute Gasteiger partial charge is 0.259 e. The van der Waals surface area contributed by atoms with E-state index < -0.39 is 5.54 Å². The van der Waals surface area contributed by atoms with Crippen molar-refractivity contribution in [1.82, 2.24) is 9.47 Å². The highest BCUT2D eigenvalue weighted by Crippen LogP contribution is 2.46. The molecule has 4 heteroatoms. The molecule has 6 rings (SSSR count). The SMILES string of the molecule is Cc1c2c(c(C)c3c1c1ccccc1n3Cc1ccccc1)C=CN(C(=O)c1ccccc1)C2(C)C#N. The molecule has 1 unspecified atom stereocenters. The van der Waals surface area contributed by atoms with E-state index in [1.54, 1.807) is 23.2 Å². The molecule has 0 fully saturated rings. The third-order valence-electron chi connectivity index (χ3n) is 7.75. The fraction of sp³-hybridized carbons (Fsp3) is 0.152. The Morgan fingerprint density at radius 3 is 2.24 bits per heavy atom. The zero-order valence-corrected chi connectivity index (χ0v) is 21.2. The van der Waals surface area contributed by atoms with Crippen molar-refractivity contribution in [1.29, 1.82) is 5.26 Å². The Labute approximate surface area is 216 Å². The first-order valence-corrected chi connectivity index (χ1v) is 12.5. The van der Waals surface area contributed by atoms with E-state index >= 15 is 0 Å². The number of hydrogen-bond acceptors (Lipinski definition) is 2. The molecule has 2 heterocycles. The zero-order chi connectivity index (χ0) is 25.7. The highest BCUT2D eigenvalue weighted by atomic mass is 16.2. The summed E-state index contributed by atoms with van der Waals surface area (Å²) < 4.78 is 2.39. The minimum absolute atomic E-state index is 0.185. The Bertz CT molecular complexity index is 1760. The lowest BCUT2D eigenvalue weighted by Gasteiger charge is -2.39. The van der Waals surface area contributed by atoms with Crippen LogP contribution in [-0.4, -0.2) is 15.4 Å². The van der Waals surface area contributed by atoms with E-state index in [0.717, 1.165) is 45.1 Å². The fourth-order valence-corrected chi connectivity index (χ4v) is 6.00. The molecule has 1 aliphatic rings. The van der Waals surface area contributed by atoms with Gasteiger partial charge >= 0.3 is 0 Å². The topological polar surface area (TPSA) is 49.0 Å². The van der Waals surface area contributed by atoms with E-state index in [1.165, 1.54) is 11.1 Å². The van der Waals surface area contributed by atoms with Gasteiger partial charge in [-0.2, -0.15) is 5.26 Å². The van der Waals surface area contributed by atoms with Crippen LogP contribution >= 0.6 is 0 Å². The van der Waals surface area contributed by atoms with Crippen LogP contribution in [0.25, 0.3) is 27.9 Å². The molecular weight excluding hydrogens is 454 g/mol. The summed E-state index contributed by atoms with van der Waals surface area (Å²) in [5, 5.41) is 12.9. The van der Waals surface area contributed by atoms with Crippen molar-refractivity contribution < 1.29 is 4.79 Å². The summed E-state index contributed by atoms with van der Waals surface area (Å²) in [6.45, 7) is 6.84. The van der Waals surface area contributed by atoms with Gasteiger partial charge in [-0.15, -0.1) is 0 Å². The molecular formula is C33H27N3O. The van der Waals surface area contributed by atoms with Crippen LogP contribution < -0.4 is 0 Å². The van der Waals surface area contributed by atoms with Gasteiger partial charge in [-0.1, -0.05) is 66.7 Å². The highest BCUT2D eigenvalue weighted by molar-refractivity contribution is 6.12. The van der Waals surface area contributed by atoms with Crippen LogP contribution in [0.5, 0.6) is 0 Å². The van der Waals surface area contributed by atoms with E-state index in [-0.39, 0.29) is 5.91 Å². The molecule has 1 amide bonds. The Hall–Kier alpha value is -4.62. The van der Waals surface area contributed by atoms with Crippen molar-refractivity contribution in [2.75, 3.05) is 0 Å². The van der Waals surface area contributed by atoms with E-state index in [9.17, 15) is 10.1 Å². The average Bonchev–Trinajstić information content (AvgIpc) is 3.26. The maximum absolute atomic E-state index is 13.6. The maximum Gasteiger partial charge on any atom is 0.259 e. The normalized spacial score (nSPS) is 16.6. The third-order valence-corrected chi connectivity index (χ3v) is 7.75. The molecule has 0 saturated heterocycles. The second kappa shape index (κ2) is 8.50. The first-order valence-electron chi connectivity index (χ1n) is 12.5. The Morgan fingerprint density at radius 2 is 1.54 bits per heavy atom. The molecule has 180 valence electrons. The number of aromatic nitrogens is 1. The van der Waals surface area contributed by atoms with E-state index in [0.29, 0.717) is 5.56 Å². The van der Waals surface area contributed by atoms with Crippen molar-refractivity contribution >= 4 is 33.8 Å². The fourth-order valence-electron chi connectivity index (χ4n) is 6.00. The van der Waals surface area contributed by atoms with Gasteiger partial charge < -0.3 is 4.57 Å². The van der Waals surface area contributed by atoms with Gasteiger partial charge in [0, 0.05) is 40.2 Å². The molecule has 1 aromatic heterocycles. The molecule has 0 bridgehead atoms. The minimum atomic E-state index is -1.15. The van der Waals surface area contributed by atoms with E-state index in [1.807, 2.05) is 37.3 Å². The molecule has 0 N–H and O–H groups in total. The summed E-state index contributed by atoms with van der Waals surface area (Å²) in [5.74, 6) is -0.185. The van der Waals surface area contributed by atoms with Crippen molar-refractivity contribution in [3.8, 4) is 6.07 Å². The number of fused-ring (bicyclic) bond motifs is 4. The van der Waals surface area contributed by atoms with Gasteiger partial charge in [0.25, 0.3) is 5.91 Å². The summed E-state index contributed by atoms with van der Waals surface area (Å²) >= 11 is 0. The van der Waals surface area contributed by atoms with Crippen LogP contribution in [-0.2, 0) is 12.1 Å². The molecule has 5 aromatic rings. The number of benzene rings is 4. The van der Waals surface area contributed by atoms with Crippen molar-refractivity contribution in [2.45, 2.75) is 32.9 Å². The average molecular weight is 482 g/mol. The Morgan fingerprint density at radius 1 is 0.892 bits per heavy atom. The summed E-state index contributed by atoms with van der Waals surface area (Å²) in [7, 11) is 0. The molecule has 37 heavy (non-hydrogen) atoms. The predicted octanol–water partition coefficient (Wildman–Crippen LogP) is 7.33. The highest BCUT2D eigenvalue weighted by Gasteiger charge is 2.43. The van der Waals surface area contributed by atoms with Crippen LogP contribution in [0.4, 0.5) is 0 Å². The Kier molecular flexibility index (Phi) is 5.24. The van der Waals surface area contributed by atoms with Gasteiger partial charge in [0.1, 0.15) is 0 Å². The quantitative estimate of drug-likeness (QED) is 0.271. The number of amides is 1. The van der Waals surface area contributed by atoms with Gasteiger partial charge in [0.2, 0.25) is 0 Å². The first-order chi connectivity index (χ1) is 18.0. The molecule has 4 nitrogen and oxygen atoms in total. The number of nitrogens with zero attached hydrogens (tertiary/aromatic N) is 3. The summed E-state index contributed by atoms with van der Waals surface area (Å²) in [6.07, 6.45) is 3.78. The third kappa shape index (κ3) is 3.32. The van der Waals surface area contributed by atoms with E-state index in [4.69, 9.17) is 0 Å². The van der Waals surface area contributed by atoms with Crippen LogP contribution in [0.3, 0.4) is 0 Å². The van der Waals surface area contributed by atoms with Crippen molar-refractivity contribution in [2.24, 2.45) is 0 Å². The lowest BCUT2D eigenvalue weighted by Crippen LogP contribution is -2.45. The Balaban J connectivity index is 1.64. The van der Waals surface area contributed by atoms with Gasteiger partial charge in [-0.05, 0) is 67.3 Å². The number of aryl methyl sites for hydroxylation is 2. The van der Waals surface area contributed by atoms with Crippen LogP contribution in [0.1, 0.15) is 45.1 Å². The summed E-state index contributed by atoms with van der Waals surface area (Å²) in [6, 6.07) is 30.6. The largest absolute Gasteiger partial charge is 0.336 e. The van der Waals surface area contributed by atoms with Gasteiger partial charge in [0.15, 0.2) is 5.54 Å². The number of rotatable bonds is 3. The second-order valence-electron chi connectivity index (χ2n) is 9.89. The monoisotopic (exact) mass is 481 g/mol. The first kappa shape index (κ1) is 22.8. The van der Waals surface area contributed by atoms with Crippen molar-refractivity contribution in [3.05, 3.63) is 125 Å². The van der Waals surface area contributed by atoms with Gasteiger partial charge in [-0.25, -0.2) is 0 Å². The van der Waals surface area contributed by atoms with E-state index in [2.05, 4.69) is 73.0 Å². The number of hydrogen-bond donors (Lipinski definition) is 0. The molecule has 0 spiro atoms. The minimum Gasteiger partial charge on any atom is -0.336 e. The number of para-hydroxylation sites is 1. The second-order valence-corrected chi connectivity index (χ2v) is 9.89. The molecule has 4 aromatic carbocycles. The lowest BCUT2D eigenvalue weighted by molar-refractivity contribution is 0.0718. The van der Waals surface area contributed by atoms with Gasteiger partial charge in [0.05, 0.1) is 11.6 Å². The molecule has 1 aliphatic heterocycles. The number of nitriles is 1. The van der Waals surface area contributed by atoms with Gasteiger partial charge in [-0.3, -0.25) is 9.69 Å². The standard InChI is InChI=1S/C33H27N3O/c1-22-26-18-19-36(32(37)25-14-8-5-9-15-25)33(3,21-34)30(26)23(2)29-27-16-10-11-17-28(27)35(31(22)29)20-24-12-6-4-7-13-24/h4-19H,20H2,1-3H3. The molecule has 0 aliphatic carbocycles. The summed E-state index contributed by atoms with van der Waals surface area (Å²) in [4.78, 5) is 15.2. The molecule has 0 saturated carbocycles. The van der Waals surface area contributed by atoms with Crippen LogP contribution in [0, 0.1) is 25.2 Å².